The second-order valence-electron chi connectivity index (χ2n) is 3.96. The van der Waals surface area contributed by atoms with Gasteiger partial charge in [0.25, 0.3) is 0 Å². The van der Waals surface area contributed by atoms with Crippen LogP contribution in [-0.4, -0.2) is 15.8 Å². The lowest BCUT2D eigenvalue weighted by Gasteiger charge is -2.36. The van der Waals surface area contributed by atoms with Gasteiger partial charge in [-0.15, -0.1) is 0 Å². The molecule has 0 saturated heterocycles. The average Bonchev–Trinajstić information content (AvgIpc) is 2.44. The fraction of sp³-hybridized carbons (Fsp3) is 0.600. The predicted molar refractivity (Wildman–Crippen MR) is 49.3 cm³/mol. The van der Waals surface area contributed by atoms with E-state index >= 15 is 0 Å². The third kappa shape index (κ3) is 1.39. The second-order valence-corrected chi connectivity index (χ2v) is 3.96. The van der Waals surface area contributed by atoms with Gasteiger partial charge in [-0.1, -0.05) is 6.42 Å². The van der Waals surface area contributed by atoms with Gasteiger partial charge in [0.2, 0.25) is 0 Å². The molecule has 1 saturated carbocycles. The first kappa shape index (κ1) is 8.48. The van der Waals surface area contributed by atoms with E-state index in [0.717, 1.165) is 31.4 Å². The molecular weight excluding hydrogens is 164 g/mol. The molecule has 1 aromatic heterocycles. The minimum absolute atomic E-state index is 0.0842. The summed E-state index contributed by atoms with van der Waals surface area (Å²) < 4.78 is 1.99. The summed E-state index contributed by atoms with van der Waals surface area (Å²) in [4.78, 5) is 15.1. The van der Waals surface area contributed by atoms with Crippen LogP contribution in [0.2, 0.25) is 0 Å². The van der Waals surface area contributed by atoms with E-state index < -0.39 is 0 Å². The monoisotopic (exact) mass is 178 g/mol. The van der Waals surface area contributed by atoms with E-state index in [1.54, 1.807) is 6.20 Å². The van der Waals surface area contributed by atoms with Crippen molar-refractivity contribution in [3.8, 4) is 0 Å². The molecule has 0 aromatic carbocycles. The van der Waals surface area contributed by atoms with Gasteiger partial charge >= 0.3 is 0 Å². The summed E-state index contributed by atoms with van der Waals surface area (Å²) in [6.45, 7) is 0. The summed E-state index contributed by atoms with van der Waals surface area (Å²) in [7, 11) is 1.97. The molecule has 0 amide bonds. The van der Waals surface area contributed by atoms with E-state index in [1.807, 2.05) is 17.8 Å². The third-order valence-electron chi connectivity index (χ3n) is 3.03. The summed E-state index contributed by atoms with van der Waals surface area (Å²) in [6, 6.07) is 0. The molecule has 0 bridgehead atoms. The first-order valence-electron chi connectivity index (χ1n) is 4.68. The van der Waals surface area contributed by atoms with Crippen molar-refractivity contribution in [3.05, 3.63) is 18.2 Å². The maximum atomic E-state index is 10.9. The number of carbonyl (C=O) groups is 1. The normalized spacial score (nSPS) is 19.5. The number of hydrogen-bond acceptors (Lipinski definition) is 2. The first-order chi connectivity index (χ1) is 6.26. The second kappa shape index (κ2) is 2.98. The largest absolute Gasteiger partial charge is 0.338 e. The highest BCUT2D eigenvalue weighted by Gasteiger charge is 2.37. The van der Waals surface area contributed by atoms with Crippen molar-refractivity contribution in [2.75, 3.05) is 0 Å². The number of hydrogen-bond donors (Lipinski definition) is 0. The molecule has 1 aliphatic rings. The van der Waals surface area contributed by atoms with Crippen molar-refractivity contribution < 1.29 is 4.79 Å². The van der Waals surface area contributed by atoms with Gasteiger partial charge in [-0.2, -0.15) is 0 Å². The molecule has 2 rings (SSSR count). The Morgan fingerprint density at radius 3 is 2.85 bits per heavy atom. The molecular formula is C10H14N2O. The van der Waals surface area contributed by atoms with E-state index in [1.165, 1.54) is 6.42 Å². The van der Waals surface area contributed by atoms with Crippen molar-refractivity contribution >= 4 is 6.29 Å². The molecule has 0 N–H and O–H groups in total. The van der Waals surface area contributed by atoms with E-state index in [-0.39, 0.29) is 5.41 Å². The Bertz CT molecular complexity index is 312. The van der Waals surface area contributed by atoms with Gasteiger partial charge in [0.15, 0.2) is 0 Å². The van der Waals surface area contributed by atoms with Gasteiger partial charge in [-0.05, 0) is 12.8 Å². The summed E-state index contributed by atoms with van der Waals surface area (Å²) in [6.07, 6.45) is 8.88. The SMILES string of the molecule is Cn1ccnc1CC1(C=O)CCC1. The van der Waals surface area contributed by atoms with Crippen molar-refractivity contribution in [2.45, 2.75) is 25.7 Å². The number of imidazole rings is 1. The Labute approximate surface area is 77.8 Å². The Balaban J connectivity index is 2.13. The molecule has 3 heteroatoms. The van der Waals surface area contributed by atoms with Crippen LogP contribution >= 0.6 is 0 Å². The fourth-order valence-electron chi connectivity index (χ4n) is 1.85. The van der Waals surface area contributed by atoms with Crippen LogP contribution < -0.4 is 0 Å². The Morgan fingerprint density at radius 1 is 1.69 bits per heavy atom. The van der Waals surface area contributed by atoms with Crippen molar-refractivity contribution in [3.63, 3.8) is 0 Å². The number of aldehydes is 1. The first-order valence-corrected chi connectivity index (χ1v) is 4.68. The average molecular weight is 178 g/mol. The third-order valence-corrected chi connectivity index (χ3v) is 3.03. The maximum Gasteiger partial charge on any atom is 0.126 e. The van der Waals surface area contributed by atoms with Crippen LogP contribution in [-0.2, 0) is 18.3 Å². The zero-order chi connectivity index (χ0) is 9.31. The molecule has 0 radical (unpaired) electrons. The van der Waals surface area contributed by atoms with Crippen LogP contribution in [0.15, 0.2) is 12.4 Å². The topological polar surface area (TPSA) is 34.9 Å². The van der Waals surface area contributed by atoms with Gasteiger partial charge in [-0.25, -0.2) is 4.98 Å². The van der Waals surface area contributed by atoms with E-state index in [9.17, 15) is 4.79 Å². The Hall–Kier alpha value is -1.12. The van der Waals surface area contributed by atoms with Gasteiger partial charge in [-0.3, -0.25) is 0 Å². The molecule has 70 valence electrons. The zero-order valence-electron chi connectivity index (χ0n) is 7.86. The molecule has 1 heterocycles. The Kier molecular flexibility index (Phi) is 1.94. The fourth-order valence-corrected chi connectivity index (χ4v) is 1.85. The van der Waals surface area contributed by atoms with Gasteiger partial charge < -0.3 is 9.36 Å². The molecule has 0 unspecified atom stereocenters. The molecule has 1 fully saturated rings. The lowest BCUT2D eigenvalue weighted by atomic mass is 9.68. The smallest absolute Gasteiger partial charge is 0.126 e. The maximum absolute atomic E-state index is 10.9. The van der Waals surface area contributed by atoms with Crippen molar-refractivity contribution in [1.82, 2.24) is 9.55 Å². The highest BCUT2D eigenvalue weighted by atomic mass is 16.1. The zero-order valence-corrected chi connectivity index (χ0v) is 7.86. The predicted octanol–water partition coefficient (Wildman–Crippen LogP) is 1.33. The summed E-state index contributed by atoms with van der Waals surface area (Å²) in [5, 5.41) is 0. The minimum Gasteiger partial charge on any atom is -0.338 e. The molecule has 13 heavy (non-hydrogen) atoms. The van der Waals surface area contributed by atoms with Crippen LogP contribution in [0.1, 0.15) is 25.1 Å². The molecule has 3 nitrogen and oxygen atoms in total. The van der Waals surface area contributed by atoms with Gasteiger partial charge in [0.05, 0.1) is 0 Å². The van der Waals surface area contributed by atoms with E-state index in [2.05, 4.69) is 4.98 Å². The number of carbonyl (C=O) groups excluding carboxylic acids is 1. The highest BCUT2D eigenvalue weighted by molar-refractivity contribution is 5.61. The quantitative estimate of drug-likeness (QED) is 0.654. The molecule has 1 aliphatic carbocycles. The van der Waals surface area contributed by atoms with Crippen LogP contribution in [0.25, 0.3) is 0 Å². The van der Waals surface area contributed by atoms with Crippen LogP contribution in [0.5, 0.6) is 0 Å². The van der Waals surface area contributed by atoms with Crippen LogP contribution in [0.4, 0.5) is 0 Å². The summed E-state index contributed by atoms with van der Waals surface area (Å²) >= 11 is 0. The number of nitrogens with zero attached hydrogens (tertiary/aromatic N) is 2. The lowest BCUT2D eigenvalue weighted by Crippen LogP contribution is -2.34. The number of aryl methyl sites for hydroxylation is 1. The highest BCUT2D eigenvalue weighted by Crippen LogP contribution is 2.41. The minimum atomic E-state index is -0.0842. The molecule has 0 aliphatic heterocycles. The molecule has 0 atom stereocenters. The van der Waals surface area contributed by atoms with Crippen molar-refractivity contribution in [1.29, 1.82) is 0 Å². The summed E-state index contributed by atoms with van der Waals surface area (Å²) in [5.74, 6) is 1.02. The lowest BCUT2D eigenvalue weighted by molar-refractivity contribution is -0.120. The van der Waals surface area contributed by atoms with Crippen molar-refractivity contribution in [2.24, 2.45) is 12.5 Å². The van der Waals surface area contributed by atoms with Crippen LogP contribution in [0.3, 0.4) is 0 Å². The number of rotatable bonds is 3. The summed E-state index contributed by atoms with van der Waals surface area (Å²) in [5.41, 5.74) is -0.0842. The Morgan fingerprint density at radius 2 is 2.46 bits per heavy atom. The molecule has 0 spiro atoms. The molecule has 1 aromatic rings. The van der Waals surface area contributed by atoms with Crippen LogP contribution in [0, 0.1) is 5.41 Å². The standard InChI is InChI=1S/C10H14N2O/c1-12-6-5-11-9(12)7-10(8-13)3-2-4-10/h5-6,8H,2-4,7H2,1H3. The van der Waals surface area contributed by atoms with Gasteiger partial charge in [0.1, 0.15) is 12.1 Å². The number of aromatic nitrogens is 2. The van der Waals surface area contributed by atoms with E-state index in [4.69, 9.17) is 0 Å². The van der Waals surface area contributed by atoms with Gasteiger partial charge in [0, 0.05) is 31.3 Å². The van der Waals surface area contributed by atoms with E-state index in [0.29, 0.717) is 0 Å².